The van der Waals surface area contributed by atoms with Gasteiger partial charge in [0.05, 0.1) is 22.0 Å². The van der Waals surface area contributed by atoms with E-state index in [-0.39, 0.29) is 4.90 Å². The zero-order chi connectivity index (χ0) is 19.3. The topological polar surface area (TPSA) is 70.6 Å². The van der Waals surface area contributed by atoms with Gasteiger partial charge in [0.25, 0.3) is 10.0 Å². The summed E-state index contributed by atoms with van der Waals surface area (Å²) < 4.78 is 28.1. The minimum Gasteiger partial charge on any atom is -0.279 e. The summed E-state index contributed by atoms with van der Waals surface area (Å²) in [5.41, 5.74) is 6.70. The highest BCUT2D eigenvalue weighted by atomic mass is 32.2. The fraction of sp³-hybridized carbons (Fsp3) is 0.0952. The number of hydrazone groups is 1. The average Bonchev–Trinajstić information content (AvgIpc) is 2.67. The number of hydrogen-bond donors (Lipinski definition) is 2. The molecule has 0 fully saturated rings. The molecule has 3 rings (SSSR count). The van der Waals surface area contributed by atoms with Crippen LogP contribution in [0.3, 0.4) is 0 Å². The first-order valence-electron chi connectivity index (χ1n) is 8.50. The predicted molar refractivity (Wildman–Crippen MR) is 111 cm³/mol. The van der Waals surface area contributed by atoms with E-state index in [1.54, 1.807) is 36.4 Å². The molecule has 0 saturated heterocycles. The molecule has 0 spiro atoms. The molecule has 0 amide bonds. The van der Waals surface area contributed by atoms with Gasteiger partial charge in [0, 0.05) is 5.56 Å². The summed E-state index contributed by atoms with van der Waals surface area (Å²) in [5, 5.41) is 4.37. The average molecular weight is 379 g/mol. The molecule has 0 aliphatic heterocycles. The Morgan fingerprint density at radius 1 is 0.852 bits per heavy atom. The fourth-order valence-corrected chi connectivity index (χ4v) is 3.61. The Morgan fingerprint density at radius 2 is 1.48 bits per heavy atom. The van der Waals surface area contributed by atoms with Gasteiger partial charge in [0.15, 0.2) is 0 Å². The van der Waals surface area contributed by atoms with Gasteiger partial charge in [-0.05, 0) is 44.2 Å². The van der Waals surface area contributed by atoms with Crippen LogP contribution in [0, 0.1) is 6.92 Å². The molecule has 138 valence electrons. The van der Waals surface area contributed by atoms with Crippen molar-refractivity contribution in [2.75, 3.05) is 10.1 Å². The van der Waals surface area contributed by atoms with Crippen molar-refractivity contribution >= 4 is 27.1 Å². The van der Waals surface area contributed by atoms with Crippen LogP contribution in [0.1, 0.15) is 18.1 Å². The summed E-state index contributed by atoms with van der Waals surface area (Å²) in [6, 6.07) is 23.5. The first-order valence-corrected chi connectivity index (χ1v) is 9.98. The zero-order valence-corrected chi connectivity index (χ0v) is 16.0. The van der Waals surface area contributed by atoms with Gasteiger partial charge >= 0.3 is 0 Å². The van der Waals surface area contributed by atoms with E-state index >= 15 is 0 Å². The van der Waals surface area contributed by atoms with Gasteiger partial charge in [-0.2, -0.15) is 5.10 Å². The largest absolute Gasteiger partial charge is 0.279 e. The van der Waals surface area contributed by atoms with E-state index < -0.39 is 10.0 Å². The summed E-state index contributed by atoms with van der Waals surface area (Å²) in [6.45, 7) is 3.74. The Bertz CT molecular complexity index is 1040. The molecule has 27 heavy (non-hydrogen) atoms. The lowest BCUT2D eigenvalue weighted by Gasteiger charge is -2.13. The van der Waals surface area contributed by atoms with E-state index in [0.717, 1.165) is 11.3 Å². The maximum atomic E-state index is 12.7. The van der Waals surface area contributed by atoms with Gasteiger partial charge in [-0.25, -0.2) is 8.42 Å². The van der Waals surface area contributed by atoms with Crippen LogP contribution in [0.15, 0.2) is 88.9 Å². The number of aryl methyl sites for hydroxylation is 1. The number of benzene rings is 3. The highest BCUT2D eigenvalue weighted by molar-refractivity contribution is 7.92. The number of nitrogens with one attached hydrogen (secondary N) is 2. The molecule has 0 bridgehead atoms. The van der Waals surface area contributed by atoms with Gasteiger partial charge in [-0.1, -0.05) is 54.1 Å². The first kappa shape index (κ1) is 18.7. The molecule has 0 saturated carbocycles. The first-order chi connectivity index (χ1) is 13.0. The molecule has 0 radical (unpaired) electrons. The third-order valence-electron chi connectivity index (χ3n) is 4.02. The Labute approximate surface area is 159 Å². The fourth-order valence-electron chi connectivity index (χ4n) is 2.53. The van der Waals surface area contributed by atoms with Gasteiger partial charge in [0.1, 0.15) is 0 Å². The molecule has 6 heteroatoms. The Hall–Kier alpha value is -3.12. The molecule has 0 aliphatic rings. The van der Waals surface area contributed by atoms with Crippen LogP contribution in [0.5, 0.6) is 0 Å². The normalized spacial score (nSPS) is 11.9. The molecule has 0 aromatic heterocycles. The predicted octanol–water partition coefficient (Wildman–Crippen LogP) is 4.63. The molecule has 3 aromatic carbocycles. The summed E-state index contributed by atoms with van der Waals surface area (Å²) >= 11 is 0. The molecular weight excluding hydrogens is 358 g/mol. The van der Waals surface area contributed by atoms with Gasteiger partial charge < -0.3 is 0 Å². The van der Waals surface area contributed by atoms with Crippen LogP contribution in [0.4, 0.5) is 11.4 Å². The maximum absolute atomic E-state index is 12.7. The molecule has 5 nitrogen and oxygen atoms in total. The molecular formula is C21H21N3O2S. The van der Waals surface area contributed by atoms with Crippen molar-refractivity contribution in [1.29, 1.82) is 0 Å². The Balaban J connectivity index is 1.86. The van der Waals surface area contributed by atoms with Gasteiger partial charge in [0.2, 0.25) is 0 Å². The monoisotopic (exact) mass is 379 g/mol. The van der Waals surface area contributed by atoms with Crippen molar-refractivity contribution in [3.05, 3.63) is 90.0 Å². The van der Waals surface area contributed by atoms with Crippen LogP contribution >= 0.6 is 0 Å². The standard InChI is InChI=1S/C21H21N3O2S/c1-16-12-14-19(15-13-16)27(25,26)24-21-11-7-6-10-20(21)17(2)22-23-18-8-4-3-5-9-18/h3-15,23-24H,1-2H3. The minimum atomic E-state index is -3.68. The highest BCUT2D eigenvalue weighted by Crippen LogP contribution is 2.21. The van der Waals surface area contributed by atoms with Crippen LogP contribution in [-0.4, -0.2) is 14.1 Å². The van der Waals surface area contributed by atoms with E-state index in [1.165, 1.54) is 0 Å². The molecule has 0 unspecified atom stereocenters. The molecule has 0 atom stereocenters. The smallest absolute Gasteiger partial charge is 0.261 e. The number of para-hydroxylation sites is 2. The third-order valence-corrected chi connectivity index (χ3v) is 5.40. The number of rotatable bonds is 6. The summed E-state index contributed by atoms with van der Waals surface area (Å²) in [4.78, 5) is 0.222. The van der Waals surface area contributed by atoms with Crippen molar-refractivity contribution in [3.63, 3.8) is 0 Å². The zero-order valence-electron chi connectivity index (χ0n) is 15.2. The van der Waals surface area contributed by atoms with Crippen molar-refractivity contribution < 1.29 is 8.42 Å². The van der Waals surface area contributed by atoms with Crippen molar-refractivity contribution in [2.24, 2.45) is 5.10 Å². The Kier molecular flexibility index (Phi) is 5.57. The van der Waals surface area contributed by atoms with Crippen LogP contribution in [-0.2, 0) is 10.0 Å². The number of anilines is 2. The minimum absolute atomic E-state index is 0.222. The van der Waals surface area contributed by atoms with E-state index in [9.17, 15) is 8.42 Å². The van der Waals surface area contributed by atoms with Crippen molar-refractivity contribution in [2.45, 2.75) is 18.7 Å². The van der Waals surface area contributed by atoms with E-state index in [1.807, 2.05) is 56.3 Å². The lowest BCUT2D eigenvalue weighted by molar-refractivity contribution is 0.601. The number of sulfonamides is 1. The van der Waals surface area contributed by atoms with Crippen LogP contribution < -0.4 is 10.1 Å². The number of hydrogen-bond acceptors (Lipinski definition) is 4. The molecule has 2 N–H and O–H groups in total. The lowest BCUT2D eigenvalue weighted by Crippen LogP contribution is -2.15. The van der Waals surface area contributed by atoms with Crippen molar-refractivity contribution in [1.82, 2.24) is 0 Å². The number of nitrogens with zero attached hydrogens (tertiary/aromatic N) is 1. The van der Waals surface area contributed by atoms with Gasteiger partial charge in [-0.3, -0.25) is 10.1 Å². The van der Waals surface area contributed by atoms with Crippen molar-refractivity contribution in [3.8, 4) is 0 Å². The quantitative estimate of drug-likeness (QED) is 0.484. The summed E-state index contributed by atoms with van der Waals surface area (Å²) in [5.74, 6) is 0. The lowest BCUT2D eigenvalue weighted by atomic mass is 10.1. The maximum Gasteiger partial charge on any atom is 0.261 e. The second-order valence-electron chi connectivity index (χ2n) is 6.14. The Morgan fingerprint density at radius 3 is 2.19 bits per heavy atom. The second-order valence-corrected chi connectivity index (χ2v) is 7.82. The molecule has 3 aromatic rings. The summed E-state index contributed by atoms with van der Waals surface area (Å²) in [6.07, 6.45) is 0. The third kappa shape index (κ3) is 4.74. The van der Waals surface area contributed by atoms with Crippen LogP contribution in [0.25, 0.3) is 0 Å². The second kappa shape index (κ2) is 8.05. The van der Waals surface area contributed by atoms with E-state index in [0.29, 0.717) is 17.0 Å². The molecule has 0 aliphatic carbocycles. The SMILES string of the molecule is CC(=NNc1ccccc1)c1ccccc1NS(=O)(=O)c1ccc(C)cc1. The van der Waals surface area contributed by atoms with Crippen LogP contribution in [0.2, 0.25) is 0 Å². The van der Waals surface area contributed by atoms with Gasteiger partial charge in [-0.15, -0.1) is 0 Å². The molecule has 0 heterocycles. The van der Waals surface area contributed by atoms with E-state index in [4.69, 9.17) is 0 Å². The highest BCUT2D eigenvalue weighted by Gasteiger charge is 2.16. The summed E-state index contributed by atoms with van der Waals surface area (Å²) in [7, 11) is -3.68. The van der Waals surface area contributed by atoms with E-state index in [2.05, 4.69) is 15.2 Å².